The fourth-order valence-corrected chi connectivity index (χ4v) is 4.22. The summed E-state index contributed by atoms with van der Waals surface area (Å²) < 4.78 is 27.0. The summed E-state index contributed by atoms with van der Waals surface area (Å²) in [5, 5.41) is 9.79. The average Bonchev–Trinajstić information content (AvgIpc) is 2.49. The number of aliphatic carboxylic acids is 1. The highest BCUT2D eigenvalue weighted by molar-refractivity contribution is 7.93. The molecular formula is C17H18ClNO4S. The molecule has 0 aliphatic carbocycles. The van der Waals surface area contributed by atoms with Gasteiger partial charge in [0.2, 0.25) is 0 Å². The van der Waals surface area contributed by atoms with Crippen molar-refractivity contribution in [2.45, 2.75) is 31.7 Å². The number of hydrogen-bond donors (Lipinski definition) is 1. The van der Waals surface area contributed by atoms with E-state index in [2.05, 4.69) is 0 Å². The smallest absolute Gasteiger partial charge is 0.327 e. The highest BCUT2D eigenvalue weighted by atomic mass is 35.5. The Bertz CT molecular complexity index is 863. The minimum atomic E-state index is -4.06. The second-order valence-electron chi connectivity index (χ2n) is 5.56. The van der Waals surface area contributed by atoms with Gasteiger partial charge in [-0.3, -0.25) is 4.31 Å². The highest BCUT2D eigenvalue weighted by Gasteiger charge is 2.34. The number of sulfonamides is 1. The van der Waals surface area contributed by atoms with Gasteiger partial charge in [-0.05, 0) is 56.7 Å². The van der Waals surface area contributed by atoms with Crippen LogP contribution in [0.3, 0.4) is 0 Å². The van der Waals surface area contributed by atoms with E-state index in [-0.39, 0.29) is 4.90 Å². The van der Waals surface area contributed by atoms with Gasteiger partial charge < -0.3 is 5.11 Å². The zero-order chi connectivity index (χ0) is 18.1. The van der Waals surface area contributed by atoms with Crippen molar-refractivity contribution in [3.63, 3.8) is 0 Å². The number of benzene rings is 2. The summed E-state index contributed by atoms with van der Waals surface area (Å²) >= 11 is 5.81. The lowest BCUT2D eigenvalue weighted by atomic mass is 10.1. The van der Waals surface area contributed by atoms with Crippen LogP contribution in [0.4, 0.5) is 5.69 Å². The van der Waals surface area contributed by atoms with E-state index in [0.29, 0.717) is 16.3 Å². The van der Waals surface area contributed by atoms with Crippen LogP contribution in [0.1, 0.15) is 18.1 Å². The number of halogens is 1. The summed E-state index contributed by atoms with van der Waals surface area (Å²) in [7, 11) is -4.06. The molecule has 7 heteroatoms. The number of carboxylic acids is 1. The topological polar surface area (TPSA) is 74.7 Å². The third-order valence-corrected chi connectivity index (χ3v) is 5.82. The Hall–Kier alpha value is -2.05. The van der Waals surface area contributed by atoms with Crippen LogP contribution in [0.2, 0.25) is 5.02 Å². The van der Waals surface area contributed by atoms with E-state index in [1.807, 2.05) is 13.0 Å². The van der Waals surface area contributed by atoms with Crippen molar-refractivity contribution in [3.05, 3.63) is 58.6 Å². The standard InChI is InChI=1S/C17H18ClNO4S/c1-11-4-9-16(12(2)10-11)19(13(3)17(20)21)24(22,23)15-7-5-14(18)6-8-15/h4-10,13H,1-3H3,(H,20,21). The summed E-state index contributed by atoms with van der Waals surface area (Å²) in [6, 6.07) is 9.57. The van der Waals surface area contributed by atoms with Gasteiger partial charge in [0.15, 0.2) is 0 Å². The molecule has 1 N–H and O–H groups in total. The molecule has 2 aromatic rings. The minimum Gasteiger partial charge on any atom is -0.480 e. The number of anilines is 1. The van der Waals surface area contributed by atoms with Gasteiger partial charge in [-0.15, -0.1) is 0 Å². The van der Waals surface area contributed by atoms with Gasteiger partial charge in [0, 0.05) is 5.02 Å². The first-order valence-corrected chi connectivity index (χ1v) is 9.06. The quantitative estimate of drug-likeness (QED) is 0.875. The summed E-state index contributed by atoms with van der Waals surface area (Å²) in [4.78, 5) is 11.5. The lowest BCUT2D eigenvalue weighted by molar-refractivity contribution is -0.137. The molecule has 2 rings (SSSR count). The molecule has 2 aromatic carbocycles. The van der Waals surface area contributed by atoms with Crippen molar-refractivity contribution in [1.29, 1.82) is 0 Å². The van der Waals surface area contributed by atoms with E-state index in [1.54, 1.807) is 19.1 Å². The summed E-state index contributed by atoms with van der Waals surface area (Å²) in [6.45, 7) is 4.98. The number of carbonyl (C=O) groups is 1. The third-order valence-electron chi connectivity index (χ3n) is 3.67. The van der Waals surface area contributed by atoms with Crippen molar-refractivity contribution in [2.24, 2.45) is 0 Å². The van der Waals surface area contributed by atoms with Crippen LogP contribution in [0.25, 0.3) is 0 Å². The maximum atomic E-state index is 13.0. The predicted molar refractivity (Wildman–Crippen MR) is 94.1 cm³/mol. The van der Waals surface area contributed by atoms with E-state index in [4.69, 9.17) is 11.6 Å². The molecule has 0 aromatic heterocycles. The molecule has 1 unspecified atom stereocenters. The second-order valence-corrected chi connectivity index (χ2v) is 7.81. The number of aryl methyl sites for hydroxylation is 2. The number of carboxylic acid groups (broad SMARTS) is 1. The highest BCUT2D eigenvalue weighted by Crippen LogP contribution is 2.30. The van der Waals surface area contributed by atoms with Crippen LogP contribution >= 0.6 is 11.6 Å². The van der Waals surface area contributed by atoms with Crippen molar-refractivity contribution < 1.29 is 18.3 Å². The van der Waals surface area contributed by atoms with Gasteiger partial charge in [-0.2, -0.15) is 0 Å². The molecule has 24 heavy (non-hydrogen) atoms. The van der Waals surface area contributed by atoms with Crippen LogP contribution in [0.5, 0.6) is 0 Å². The van der Waals surface area contributed by atoms with Crippen LogP contribution in [-0.4, -0.2) is 25.5 Å². The molecule has 0 amide bonds. The normalized spacial score (nSPS) is 12.7. The zero-order valence-electron chi connectivity index (χ0n) is 13.5. The molecular weight excluding hydrogens is 350 g/mol. The average molecular weight is 368 g/mol. The first kappa shape index (κ1) is 18.3. The molecule has 0 radical (unpaired) electrons. The van der Waals surface area contributed by atoms with Gasteiger partial charge >= 0.3 is 5.97 Å². The van der Waals surface area contributed by atoms with Crippen molar-refractivity contribution in [3.8, 4) is 0 Å². The molecule has 0 aliphatic heterocycles. The Morgan fingerprint density at radius 2 is 1.71 bits per heavy atom. The third kappa shape index (κ3) is 3.55. The van der Waals surface area contributed by atoms with E-state index in [9.17, 15) is 18.3 Å². The van der Waals surface area contributed by atoms with Gasteiger partial charge in [-0.25, -0.2) is 13.2 Å². The Kier molecular flexibility index (Phi) is 5.20. The van der Waals surface area contributed by atoms with E-state index in [0.717, 1.165) is 9.87 Å². The van der Waals surface area contributed by atoms with Gasteiger partial charge in [-0.1, -0.05) is 29.3 Å². The molecule has 1 atom stereocenters. The van der Waals surface area contributed by atoms with Crippen LogP contribution in [0.15, 0.2) is 47.4 Å². The SMILES string of the molecule is Cc1ccc(N(C(C)C(=O)O)S(=O)(=O)c2ccc(Cl)cc2)c(C)c1. The predicted octanol–water partition coefficient (Wildman–Crippen LogP) is 3.63. The lowest BCUT2D eigenvalue weighted by Gasteiger charge is -2.29. The van der Waals surface area contributed by atoms with E-state index < -0.39 is 22.0 Å². The Balaban J connectivity index is 2.66. The summed E-state index contributed by atoms with van der Waals surface area (Å²) in [5.41, 5.74) is 1.98. The monoisotopic (exact) mass is 367 g/mol. The van der Waals surface area contributed by atoms with Gasteiger partial charge in [0.1, 0.15) is 6.04 Å². The fourth-order valence-electron chi connectivity index (χ4n) is 2.42. The molecule has 0 spiro atoms. The second kappa shape index (κ2) is 6.83. The molecule has 0 saturated heterocycles. The van der Waals surface area contributed by atoms with E-state index in [1.165, 1.54) is 31.2 Å². The molecule has 0 heterocycles. The van der Waals surface area contributed by atoms with Crippen molar-refractivity contribution in [2.75, 3.05) is 4.31 Å². The molecule has 0 saturated carbocycles. The van der Waals surface area contributed by atoms with Crippen molar-refractivity contribution in [1.82, 2.24) is 0 Å². The molecule has 0 bridgehead atoms. The Labute approximate surface area is 146 Å². The first-order valence-electron chi connectivity index (χ1n) is 7.24. The Morgan fingerprint density at radius 1 is 1.12 bits per heavy atom. The lowest BCUT2D eigenvalue weighted by Crippen LogP contribution is -2.43. The number of nitrogens with zero attached hydrogens (tertiary/aromatic N) is 1. The Morgan fingerprint density at radius 3 is 2.21 bits per heavy atom. The summed E-state index contributed by atoms with van der Waals surface area (Å²) in [6.07, 6.45) is 0. The molecule has 0 fully saturated rings. The van der Waals surface area contributed by atoms with E-state index >= 15 is 0 Å². The van der Waals surface area contributed by atoms with Gasteiger partial charge in [0.05, 0.1) is 10.6 Å². The maximum Gasteiger partial charge on any atom is 0.327 e. The minimum absolute atomic E-state index is 0.0139. The largest absolute Gasteiger partial charge is 0.480 e. The van der Waals surface area contributed by atoms with Crippen LogP contribution < -0.4 is 4.31 Å². The molecule has 0 aliphatic rings. The van der Waals surface area contributed by atoms with Crippen LogP contribution in [0, 0.1) is 13.8 Å². The van der Waals surface area contributed by atoms with Crippen molar-refractivity contribution >= 4 is 33.3 Å². The maximum absolute atomic E-state index is 13.0. The number of rotatable bonds is 5. The molecule has 128 valence electrons. The summed E-state index contributed by atoms with van der Waals surface area (Å²) in [5.74, 6) is -1.23. The fraction of sp³-hybridized carbons (Fsp3) is 0.235. The number of hydrogen-bond acceptors (Lipinski definition) is 3. The zero-order valence-corrected chi connectivity index (χ0v) is 15.1. The first-order chi connectivity index (χ1) is 11.1. The molecule has 5 nitrogen and oxygen atoms in total. The van der Waals surface area contributed by atoms with Crippen LogP contribution in [-0.2, 0) is 14.8 Å². The van der Waals surface area contributed by atoms with Gasteiger partial charge in [0.25, 0.3) is 10.0 Å².